The smallest absolute Gasteiger partial charge is 0.274 e. The number of ether oxygens (including phenoxy) is 1. The average Bonchev–Trinajstić information content (AvgIpc) is 3.25. The highest BCUT2D eigenvalue weighted by atomic mass is 19.1. The van der Waals surface area contributed by atoms with E-state index in [1.165, 1.54) is 6.07 Å². The predicted molar refractivity (Wildman–Crippen MR) is 114 cm³/mol. The largest absolute Gasteiger partial charge is 0.381 e. The van der Waals surface area contributed by atoms with E-state index < -0.39 is 0 Å². The Kier molecular flexibility index (Phi) is 6.23. The van der Waals surface area contributed by atoms with Crippen molar-refractivity contribution in [2.24, 2.45) is 7.05 Å². The summed E-state index contributed by atoms with van der Waals surface area (Å²) in [6, 6.07) is 11.7. The van der Waals surface area contributed by atoms with Gasteiger partial charge in [-0.1, -0.05) is 24.3 Å². The zero-order chi connectivity index (χ0) is 21.8. The summed E-state index contributed by atoms with van der Waals surface area (Å²) in [5.74, 6) is -0.526. The van der Waals surface area contributed by atoms with E-state index in [1.54, 1.807) is 53.5 Å². The molecule has 1 fully saturated rings. The molecule has 1 amide bonds. The fourth-order valence-corrected chi connectivity index (χ4v) is 3.90. The Labute approximate surface area is 180 Å². The lowest BCUT2D eigenvalue weighted by molar-refractivity contribution is 0.0264. The van der Waals surface area contributed by atoms with Crippen LogP contribution in [-0.2, 0) is 18.3 Å². The number of aryl methyl sites for hydroxylation is 1. The van der Waals surface area contributed by atoms with E-state index in [-0.39, 0.29) is 17.8 Å². The number of carbonyl (C=O) groups is 2. The lowest BCUT2D eigenvalue weighted by Crippen LogP contribution is -2.43. The van der Waals surface area contributed by atoms with Crippen molar-refractivity contribution in [3.8, 4) is 11.1 Å². The molecule has 1 aliphatic rings. The van der Waals surface area contributed by atoms with Crippen molar-refractivity contribution in [2.75, 3.05) is 13.2 Å². The number of hydrogen-bond acceptors (Lipinski definition) is 4. The molecule has 2 heterocycles. The topological polar surface area (TPSA) is 64.4 Å². The third kappa shape index (κ3) is 4.72. The van der Waals surface area contributed by atoms with Crippen LogP contribution in [0.2, 0.25) is 0 Å². The van der Waals surface area contributed by atoms with Gasteiger partial charge in [-0.15, -0.1) is 0 Å². The standard InChI is InChI=1S/C24H24FN3O3/c1-27-14-23(26-16-27)24(30)28(20-7-9-31-10-8-20)13-17-5-6-22(25)21(12-17)19-4-2-3-18(11-19)15-29/h2-6,11-12,14-16,20H,7-10,13H2,1H3. The van der Waals surface area contributed by atoms with Gasteiger partial charge in [0.2, 0.25) is 0 Å². The number of hydrogen-bond donors (Lipinski definition) is 0. The minimum atomic E-state index is -0.375. The van der Waals surface area contributed by atoms with Crippen LogP contribution in [0.5, 0.6) is 0 Å². The Bertz CT molecular complexity index is 1090. The first-order valence-corrected chi connectivity index (χ1v) is 10.3. The maximum atomic E-state index is 14.6. The van der Waals surface area contributed by atoms with Gasteiger partial charge in [0.15, 0.2) is 0 Å². The SMILES string of the molecule is Cn1cnc(C(=O)N(Cc2ccc(F)c(-c3cccc(C=O)c3)c2)C2CCOCC2)c1. The molecule has 3 aromatic rings. The third-order valence-corrected chi connectivity index (χ3v) is 5.53. The molecule has 4 rings (SSSR count). The van der Waals surface area contributed by atoms with Crippen LogP contribution in [0.15, 0.2) is 55.0 Å². The Morgan fingerprint density at radius 1 is 1.26 bits per heavy atom. The fourth-order valence-electron chi connectivity index (χ4n) is 3.90. The van der Waals surface area contributed by atoms with Gasteiger partial charge < -0.3 is 14.2 Å². The van der Waals surface area contributed by atoms with Gasteiger partial charge in [-0.05, 0) is 42.2 Å². The minimum absolute atomic E-state index is 0.0233. The minimum Gasteiger partial charge on any atom is -0.381 e. The lowest BCUT2D eigenvalue weighted by atomic mass is 9.99. The number of carbonyl (C=O) groups excluding carboxylic acids is 2. The Morgan fingerprint density at radius 2 is 2.06 bits per heavy atom. The first-order valence-electron chi connectivity index (χ1n) is 10.3. The Hall–Kier alpha value is -3.32. The van der Waals surface area contributed by atoms with E-state index >= 15 is 0 Å². The highest BCUT2D eigenvalue weighted by Gasteiger charge is 2.28. The summed E-state index contributed by atoms with van der Waals surface area (Å²) in [4.78, 5) is 30.4. The molecule has 0 N–H and O–H groups in total. The molecule has 31 heavy (non-hydrogen) atoms. The average molecular weight is 421 g/mol. The van der Waals surface area contributed by atoms with Crippen LogP contribution in [-0.4, -0.2) is 45.9 Å². The second kappa shape index (κ2) is 9.22. The third-order valence-electron chi connectivity index (χ3n) is 5.53. The molecule has 0 bridgehead atoms. The van der Waals surface area contributed by atoms with Crippen LogP contribution in [0.3, 0.4) is 0 Å². The number of rotatable bonds is 6. The van der Waals surface area contributed by atoms with Crippen molar-refractivity contribution in [2.45, 2.75) is 25.4 Å². The molecular formula is C24H24FN3O3. The molecule has 0 saturated carbocycles. The normalized spacial score (nSPS) is 14.4. The molecule has 0 unspecified atom stereocenters. The van der Waals surface area contributed by atoms with Crippen molar-refractivity contribution in [3.05, 3.63) is 77.6 Å². The summed E-state index contributed by atoms with van der Waals surface area (Å²) in [5, 5.41) is 0. The molecule has 2 aromatic carbocycles. The highest BCUT2D eigenvalue weighted by Crippen LogP contribution is 2.27. The number of aromatic nitrogens is 2. The highest BCUT2D eigenvalue weighted by molar-refractivity contribution is 5.92. The maximum absolute atomic E-state index is 14.6. The molecule has 0 radical (unpaired) electrons. The lowest BCUT2D eigenvalue weighted by Gasteiger charge is -2.34. The van der Waals surface area contributed by atoms with Gasteiger partial charge in [0.05, 0.1) is 6.33 Å². The second-order valence-electron chi connectivity index (χ2n) is 7.76. The molecule has 7 heteroatoms. The monoisotopic (exact) mass is 421 g/mol. The zero-order valence-electron chi connectivity index (χ0n) is 17.3. The zero-order valence-corrected chi connectivity index (χ0v) is 17.3. The van der Waals surface area contributed by atoms with Crippen molar-refractivity contribution in [1.82, 2.24) is 14.5 Å². The second-order valence-corrected chi connectivity index (χ2v) is 7.76. The molecule has 0 aliphatic carbocycles. The number of aldehydes is 1. The predicted octanol–water partition coefficient (Wildman–Crippen LogP) is 3.86. The van der Waals surface area contributed by atoms with Gasteiger partial charge in [-0.2, -0.15) is 0 Å². The van der Waals surface area contributed by atoms with E-state index in [2.05, 4.69) is 4.98 Å². The van der Waals surface area contributed by atoms with Crippen LogP contribution in [0.4, 0.5) is 4.39 Å². The summed E-state index contributed by atoms with van der Waals surface area (Å²) in [6.07, 6.45) is 5.53. The summed E-state index contributed by atoms with van der Waals surface area (Å²) in [7, 11) is 1.82. The Balaban J connectivity index is 1.66. The molecule has 0 spiro atoms. The van der Waals surface area contributed by atoms with Gasteiger partial charge in [-0.3, -0.25) is 9.59 Å². The van der Waals surface area contributed by atoms with Gasteiger partial charge >= 0.3 is 0 Å². The molecule has 160 valence electrons. The number of imidazole rings is 1. The molecular weight excluding hydrogens is 397 g/mol. The van der Waals surface area contributed by atoms with E-state index in [1.807, 2.05) is 11.9 Å². The van der Waals surface area contributed by atoms with E-state index in [0.29, 0.717) is 42.1 Å². The first kappa shape index (κ1) is 20.9. The van der Waals surface area contributed by atoms with Crippen molar-refractivity contribution in [1.29, 1.82) is 0 Å². The van der Waals surface area contributed by atoms with Crippen LogP contribution in [0.1, 0.15) is 39.3 Å². The van der Waals surface area contributed by atoms with Crippen molar-refractivity contribution >= 4 is 12.2 Å². The van der Waals surface area contributed by atoms with Crippen LogP contribution < -0.4 is 0 Å². The van der Waals surface area contributed by atoms with E-state index in [4.69, 9.17) is 4.74 Å². The number of benzene rings is 2. The summed E-state index contributed by atoms with van der Waals surface area (Å²) in [5.41, 5.74) is 2.70. The molecule has 1 saturated heterocycles. The van der Waals surface area contributed by atoms with Crippen molar-refractivity contribution in [3.63, 3.8) is 0 Å². The summed E-state index contributed by atoms with van der Waals surface area (Å²) in [6.45, 7) is 1.54. The van der Waals surface area contributed by atoms with Crippen molar-refractivity contribution < 1.29 is 18.7 Å². The van der Waals surface area contributed by atoms with E-state index in [0.717, 1.165) is 24.7 Å². The Morgan fingerprint density at radius 3 is 2.77 bits per heavy atom. The number of amides is 1. The van der Waals surface area contributed by atoms with Crippen LogP contribution >= 0.6 is 0 Å². The summed E-state index contributed by atoms with van der Waals surface area (Å²) >= 11 is 0. The number of nitrogens with zero attached hydrogens (tertiary/aromatic N) is 3. The molecule has 6 nitrogen and oxygen atoms in total. The van der Waals surface area contributed by atoms with Gasteiger partial charge in [0.1, 0.15) is 17.8 Å². The molecule has 1 aromatic heterocycles. The van der Waals surface area contributed by atoms with Gasteiger partial charge in [0.25, 0.3) is 5.91 Å². The van der Waals surface area contributed by atoms with Crippen LogP contribution in [0, 0.1) is 5.82 Å². The maximum Gasteiger partial charge on any atom is 0.274 e. The molecule has 1 aliphatic heterocycles. The quantitative estimate of drug-likeness (QED) is 0.567. The summed E-state index contributed by atoms with van der Waals surface area (Å²) < 4.78 is 21.8. The van der Waals surface area contributed by atoms with Gasteiger partial charge in [0, 0.05) is 50.2 Å². The molecule has 0 atom stereocenters. The number of halogens is 1. The van der Waals surface area contributed by atoms with Crippen LogP contribution in [0.25, 0.3) is 11.1 Å². The fraction of sp³-hybridized carbons (Fsp3) is 0.292. The van der Waals surface area contributed by atoms with Gasteiger partial charge in [-0.25, -0.2) is 9.37 Å². The van der Waals surface area contributed by atoms with E-state index in [9.17, 15) is 14.0 Å². The first-order chi connectivity index (χ1) is 15.0.